The Labute approximate surface area is 132 Å². The summed E-state index contributed by atoms with van der Waals surface area (Å²) >= 11 is 3.36. The van der Waals surface area contributed by atoms with Crippen LogP contribution in [0.4, 0.5) is 0 Å². The molecule has 0 aliphatic rings. The van der Waals surface area contributed by atoms with Crippen LogP contribution in [0.3, 0.4) is 0 Å². The molecule has 1 N–H and O–H groups in total. The summed E-state index contributed by atoms with van der Waals surface area (Å²) in [6.45, 7) is 3.65. The highest BCUT2D eigenvalue weighted by atomic mass is 79.9. The molecule has 0 saturated heterocycles. The van der Waals surface area contributed by atoms with E-state index < -0.39 is 6.04 Å². The molecule has 0 bridgehead atoms. The molecule has 106 valence electrons. The molecule has 4 nitrogen and oxygen atoms in total. The van der Waals surface area contributed by atoms with Crippen LogP contribution < -0.4 is 5.32 Å². The van der Waals surface area contributed by atoms with E-state index in [0.717, 1.165) is 15.7 Å². The van der Waals surface area contributed by atoms with Gasteiger partial charge in [-0.15, -0.1) is 0 Å². The van der Waals surface area contributed by atoms with Gasteiger partial charge in [0.1, 0.15) is 6.04 Å². The Hall–Kier alpha value is -2.19. The topological polar surface area (TPSA) is 65.8 Å². The van der Waals surface area contributed by atoms with Crippen LogP contribution in [0, 0.1) is 25.2 Å². The van der Waals surface area contributed by atoms with Crippen molar-refractivity contribution in [2.75, 3.05) is 0 Å². The predicted molar refractivity (Wildman–Crippen MR) is 83.7 cm³/mol. The average Bonchev–Trinajstić information content (AvgIpc) is 2.44. The molecule has 2 rings (SSSR count). The smallest absolute Gasteiger partial charge is 0.254 e. The summed E-state index contributed by atoms with van der Waals surface area (Å²) < 4.78 is 0.864. The predicted octanol–water partition coefficient (Wildman–Crippen LogP) is 3.46. The maximum atomic E-state index is 12.3. The number of aryl methyl sites for hydroxylation is 2. The van der Waals surface area contributed by atoms with Gasteiger partial charge in [0, 0.05) is 10.2 Å². The van der Waals surface area contributed by atoms with Gasteiger partial charge in [0.25, 0.3) is 5.91 Å². The zero-order chi connectivity index (χ0) is 15.4. The molecule has 0 radical (unpaired) electrons. The number of benzene rings is 1. The molecule has 0 saturated carbocycles. The minimum absolute atomic E-state index is 0.300. The lowest BCUT2D eigenvalue weighted by Crippen LogP contribution is -2.28. The Morgan fingerprint density at radius 3 is 2.71 bits per heavy atom. The monoisotopic (exact) mass is 343 g/mol. The second-order valence-corrected chi connectivity index (χ2v) is 5.59. The number of nitrogens with zero attached hydrogens (tertiary/aromatic N) is 2. The van der Waals surface area contributed by atoms with E-state index in [1.165, 1.54) is 0 Å². The van der Waals surface area contributed by atoms with Gasteiger partial charge in [-0.2, -0.15) is 5.26 Å². The van der Waals surface area contributed by atoms with Crippen LogP contribution in [-0.4, -0.2) is 10.9 Å². The first-order valence-electron chi connectivity index (χ1n) is 6.41. The van der Waals surface area contributed by atoms with Crippen LogP contribution in [0.15, 0.2) is 40.9 Å². The van der Waals surface area contributed by atoms with E-state index >= 15 is 0 Å². The van der Waals surface area contributed by atoms with E-state index in [9.17, 15) is 10.1 Å². The number of carbonyl (C=O) groups is 1. The molecule has 1 heterocycles. The van der Waals surface area contributed by atoms with E-state index in [-0.39, 0.29) is 5.91 Å². The van der Waals surface area contributed by atoms with E-state index in [4.69, 9.17) is 0 Å². The Morgan fingerprint density at radius 2 is 2.10 bits per heavy atom. The molecule has 0 aliphatic heterocycles. The summed E-state index contributed by atoms with van der Waals surface area (Å²) in [6.07, 6.45) is 0. The number of carbonyl (C=O) groups excluding carboxylic acids is 1. The normalized spacial score (nSPS) is 11.5. The molecule has 1 aromatic heterocycles. The number of halogens is 1. The number of nitrogens with one attached hydrogen (secondary N) is 1. The van der Waals surface area contributed by atoms with Gasteiger partial charge in [0.2, 0.25) is 0 Å². The quantitative estimate of drug-likeness (QED) is 0.927. The van der Waals surface area contributed by atoms with Crippen molar-refractivity contribution in [2.24, 2.45) is 0 Å². The first-order chi connectivity index (χ1) is 10.0. The standard InChI is InChI=1S/C16H14BrN3O/c1-10-6-7-14(11(2)19-10)16(21)20-15(9-18)12-4-3-5-13(17)8-12/h3-8,15H,1-2H3,(H,20,21)/t15-/m0/s1. The molecule has 1 atom stereocenters. The van der Waals surface area contributed by atoms with Crippen LogP contribution in [0.2, 0.25) is 0 Å². The molecule has 1 amide bonds. The number of pyridine rings is 1. The lowest BCUT2D eigenvalue weighted by molar-refractivity contribution is 0.0944. The van der Waals surface area contributed by atoms with Gasteiger partial charge < -0.3 is 5.32 Å². The van der Waals surface area contributed by atoms with E-state index in [1.54, 1.807) is 25.1 Å². The second-order valence-electron chi connectivity index (χ2n) is 4.68. The van der Waals surface area contributed by atoms with E-state index in [2.05, 4.69) is 32.3 Å². The number of hydrogen-bond acceptors (Lipinski definition) is 3. The lowest BCUT2D eigenvalue weighted by atomic mass is 10.1. The van der Waals surface area contributed by atoms with Crippen LogP contribution in [-0.2, 0) is 0 Å². The highest BCUT2D eigenvalue weighted by molar-refractivity contribution is 9.10. The van der Waals surface area contributed by atoms with Crippen molar-refractivity contribution in [3.63, 3.8) is 0 Å². The Morgan fingerprint density at radius 1 is 1.33 bits per heavy atom. The largest absolute Gasteiger partial charge is 0.332 e. The van der Waals surface area contributed by atoms with Crippen molar-refractivity contribution in [3.05, 3.63) is 63.4 Å². The number of aromatic nitrogens is 1. The van der Waals surface area contributed by atoms with Gasteiger partial charge in [0.15, 0.2) is 0 Å². The Balaban J connectivity index is 2.23. The van der Waals surface area contributed by atoms with Gasteiger partial charge in [-0.3, -0.25) is 9.78 Å². The third-order valence-corrected chi connectivity index (χ3v) is 3.55. The van der Waals surface area contributed by atoms with Crippen LogP contribution in [0.25, 0.3) is 0 Å². The van der Waals surface area contributed by atoms with Crippen molar-refractivity contribution in [2.45, 2.75) is 19.9 Å². The highest BCUT2D eigenvalue weighted by Gasteiger charge is 2.17. The van der Waals surface area contributed by atoms with Crippen molar-refractivity contribution in [1.82, 2.24) is 10.3 Å². The lowest BCUT2D eigenvalue weighted by Gasteiger charge is -2.13. The van der Waals surface area contributed by atoms with Gasteiger partial charge in [-0.25, -0.2) is 0 Å². The molecule has 21 heavy (non-hydrogen) atoms. The zero-order valence-corrected chi connectivity index (χ0v) is 13.3. The van der Waals surface area contributed by atoms with Gasteiger partial charge in [0.05, 0.1) is 17.3 Å². The molecular formula is C16H14BrN3O. The first kappa shape index (κ1) is 15.2. The maximum Gasteiger partial charge on any atom is 0.254 e. The molecule has 0 unspecified atom stereocenters. The van der Waals surface area contributed by atoms with Gasteiger partial charge >= 0.3 is 0 Å². The molecule has 0 aliphatic carbocycles. The summed E-state index contributed by atoms with van der Waals surface area (Å²) in [6, 6.07) is 12.2. The fourth-order valence-corrected chi connectivity index (χ4v) is 2.43. The van der Waals surface area contributed by atoms with Gasteiger partial charge in [-0.1, -0.05) is 28.1 Å². The third kappa shape index (κ3) is 3.67. The van der Waals surface area contributed by atoms with Crippen molar-refractivity contribution < 1.29 is 4.79 Å². The van der Waals surface area contributed by atoms with Crippen LogP contribution in [0.5, 0.6) is 0 Å². The number of amides is 1. The minimum atomic E-state index is -0.698. The fourth-order valence-electron chi connectivity index (χ4n) is 2.01. The molecule has 1 aromatic carbocycles. The van der Waals surface area contributed by atoms with Crippen molar-refractivity contribution in [3.8, 4) is 6.07 Å². The number of nitriles is 1. The molecule has 5 heteroatoms. The minimum Gasteiger partial charge on any atom is -0.332 e. The second kappa shape index (κ2) is 6.51. The van der Waals surface area contributed by atoms with Crippen LogP contribution >= 0.6 is 15.9 Å². The Kier molecular flexibility index (Phi) is 4.71. The first-order valence-corrected chi connectivity index (χ1v) is 7.21. The van der Waals surface area contributed by atoms with Crippen LogP contribution in [0.1, 0.15) is 33.4 Å². The van der Waals surface area contributed by atoms with Gasteiger partial charge in [-0.05, 0) is 43.7 Å². The Bertz CT molecular complexity index is 722. The molecular weight excluding hydrogens is 330 g/mol. The summed E-state index contributed by atoms with van der Waals surface area (Å²) in [4.78, 5) is 16.6. The SMILES string of the molecule is Cc1ccc(C(=O)N[C@@H](C#N)c2cccc(Br)c2)c(C)n1. The zero-order valence-electron chi connectivity index (χ0n) is 11.7. The van der Waals surface area contributed by atoms with E-state index in [0.29, 0.717) is 11.3 Å². The number of rotatable bonds is 3. The highest BCUT2D eigenvalue weighted by Crippen LogP contribution is 2.18. The van der Waals surface area contributed by atoms with Crippen molar-refractivity contribution in [1.29, 1.82) is 5.26 Å². The number of hydrogen-bond donors (Lipinski definition) is 1. The maximum absolute atomic E-state index is 12.3. The average molecular weight is 344 g/mol. The molecule has 0 spiro atoms. The summed E-state index contributed by atoms with van der Waals surface area (Å²) in [7, 11) is 0. The molecule has 0 fully saturated rings. The summed E-state index contributed by atoms with van der Waals surface area (Å²) in [5, 5.41) is 12.0. The van der Waals surface area contributed by atoms with E-state index in [1.807, 2.05) is 25.1 Å². The molecule has 2 aromatic rings. The fraction of sp³-hybridized carbons (Fsp3) is 0.188. The van der Waals surface area contributed by atoms with Crippen molar-refractivity contribution >= 4 is 21.8 Å². The summed E-state index contributed by atoms with van der Waals surface area (Å²) in [5.74, 6) is -0.300. The summed E-state index contributed by atoms with van der Waals surface area (Å²) in [5.41, 5.74) is 2.72. The third-order valence-electron chi connectivity index (χ3n) is 3.06.